The number of benzene rings is 2. The van der Waals surface area contributed by atoms with Crippen LogP contribution in [0.2, 0.25) is 0 Å². The maximum absolute atomic E-state index is 13.4. The molecule has 1 saturated heterocycles. The zero-order chi connectivity index (χ0) is 26.8. The van der Waals surface area contributed by atoms with Gasteiger partial charge in [0.25, 0.3) is 0 Å². The van der Waals surface area contributed by atoms with Crippen LogP contribution >= 0.6 is 11.8 Å². The lowest BCUT2D eigenvalue weighted by atomic mass is 10.00. The maximum atomic E-state index is 13.4. The number of likely N-dealkylation sites (tertiary alicyclic amines) is 1. The fraction of sp³-hybridized carbons (Fsp3) is 0.423. The molecule has 11 heteroatoms. The fourth-order valence-corrected chi connectivity index (χ4v) is 5.14. The molecule has 0 saturated carbocycles. The quantitative estimate of drug-likeness (QED) is 0.366. The number of halogens is 6. The molecule has 0 atom stereocenters. The molecule has 200 valence electrons. The van der Waals surface area contributed by atoms with Crippen LogP contribution in [0.4, 0.5) is 26.3 Å². The normalized spacial score (nSPS) is 18.3. The molecule has 0 aliphatic carbocycles. The first-order valence-corrected chi connectivity index (χ1v) is 12.5. The van der Waals surface area contributed by atoms with E-state index in [9.17, 15) is 26.3 Å². The van der Waals surface area contributed by atoms with Crippen molar-refractivity contribution in [3.05, 3.63) is 63.6 Å². The second-order valence-electron chi connectivity index (χ2n) is 9.05. The number of hydrogen-bond donors (Lipinski definition) is 0. The highest BCUT2D eigenvalue weighted by Gasteiger charge is 2.38. The van der Waals surface area contributed by atoms with Crippen LogP contribution in [0.3, 0.4) is 0 Å². The number of thioether (sulfide) groups is 1. The number of aliphatic imine (C=N–C) groups is 1. The Labute approximate surface area is 215 Å². The highest BCUT2D eigenvalue weighted by Crippen LogP contribution is 2.39. The van der Waals surface area contributed by atoms with Gasteiger partial charge in [-0.3, -0.25) is 4.99 Å². The van der Waals surface area contributed by atoms with Gasteiger partial charge in [0.05, 0.1) is 24.8 Å². The van der Waals surface area contributed by atoms with Gasteiger partial charge in [0.1, 0.15) is 6.61 Å². The van der Waals surface area contributed by atoms with Crippen molar-refractivity contribution >= 4 is 23.0 Å². The molecule has 37 heavy (non-hydrogen) atoms. The second kappa shape index (κ2) is 10.9. The summed E-state index contributed by atoms with van der Waals surface area (Å²) in [5, 5.41) is 1.02. The van der Waals surface area contributed by atoms with Crippen LogP contribution in [-0.4, -0.2) is 36.8 Å². The lowest BCUT2D eigenvalue weighted by Crippen LogP contribution is -2.35. The van der Waals surface area contributed by atoms with Crippen molar-refractivity contribution in [1.82, 2.24) is 4.90 Å². The van der Waals surface area contributed by atoms with Crippen molar-refractivity contribution < 1.29 is 35.8 Å². The predicted molar refractivity (Wildman–Crippen MR) is 132 cm³/mol. The highest BCUT2D eigenvalue weighted by molar-refractivity contribution is 8.17. The van der Waals surface area contributed by atoms with Crippen molar-refractivity contribution in [1.29, 1.82) is 0 Å². The Morgan fingerprint density at radius 3 is 2.38 bits per heavy atom. The van der Waals surface area contributed by atoms with Gasteiger partial charge in [-0.2, -0.15) is 26.3 Å². The zero-order valence-electron chi connectivity index (χ0n) is 20.2. The minimum atomic E-state index is -4.97. The van der Waals surface area contributed by atoms with Crippen LogP contribution in [0.1, 0.15) is 42.0 Å². The van der Waals surface area contributed by atoms with E-state index in [0.29, 0.717) is 18.4 Å². The van der Waals surface area contributed by atoms with E-state index in [2.05, 4.69) is 16.8 Å². The number of hydrogen-bond acceptors (Lipinski definition) is 5. The third-order valence-corrected chi connectivity index (χ3v) is 7.37. The third kappa shape index (κ3) is 6.74. The fourth-order valence-electron chi connectivity index (χ4n) is 4.14. The molecule has 0 radical (unpaired) electrons. The molecule has 0 aromatic heterocycles. The van der Waals surface area contributed by atoms with Crippen molar-refractivity contribution in [3.8, 4) is 11.5 Å². The average Bonchev–Trinajstić information content (AvgIpc) is 3.30. The Kier molecular flexibility index (Phi) is 8.01. The van der Waals surface area contributed by atoms with E-state index in [1.807, 2.05) is 6.08 Å². The van der Waals surface area contributed by atoms with E-state index in [0.717, 1.165) is 53.6 Å². The van der Waals surface area contributed by atoms with Crippen LogP contribution in [0.5, 0.6) is 11.5 Å². The second-order valence-corrected chi connectivity index (χ2v) is 10.1. The minimum absolute atomic E-state index is 0.102. The molecule has 0 amide bonds. The molecule has 2 aliphatic heterocycles. The molecule has 2 aliphatic rings. The Morgan fingerprint density at radius 2 is 1.73 bits per heavy atom. The Balaban J connectivity index is 1.45. The summed E-state index contributed by atoms with van der Waals surface area (Å²) >= 11 is 1.62. The van der Waals surface area contributed by atoms with E-state index in [1.54, 1.807) is 30.0 Å². The Bertz CT molecular complexity index is 1180. The number of alkyl halides is 6. The minimum Gasteiger partial charge on any atom is -0.493 e. The van der Waals surface area contributed by atoms with Gasteiger partial charge < -0.3 is 14.4 Å². The van der Waals surface area contributed by atoms with Gasteiger partial charge >= 0.3 is 12.4 Å². The molecule has 2 heterocycles. The number of piperidine rings is 1. The van der Waals surface area contributed by atoms with Gasteiger partial charge in [-0.15, -0.1) is 0 Å². The Morgan fingerprint density at radius 1 is 1.00 bits per heavy atom. The maximum Gasteiger partial charge on any atom is 0.416 e. The molecule has 0 unspecified atom stereocenters. The summed E-state index contributed by atoms with van der Waals surface area (Å²) < 4.78 is 90.0. The summed E-state index contributed by atoms with van der Waals surface area (Å²) in [5.74, 6) is 1.20. The first-order chi connectivity index (χ1) is 17.4. The number of amidine groups is 1. The van der Waals surface area contributed by atoms with Gasteiger partial charge in [0, 0.05) is 23.6 Å². The molecule has 0 spiro atoms. The lowest BCUT2D eigenvalue weighted by molar-refractivity contribution is -0.143. The van der Waals surface area contributed by atoms with Crippen molar-refractivity contribution in [2.45, 2.75) is 38.7 Å². The number of methoxy groups -OCH3 is 1. The first-order valence-electron chi connectivity index (χ1n) is 11.7. The average molecular weight is 545 g/mol. The number of rotatable bonds is 5. The molecule has 4 rings (SSSR count). The largest absolute Gasteiger partial charge is 0.493 e. The van der Waals surface area contributed by atoms with Gasteiger partial charge in [0.2, 0.25) is 0 Å². The molecular weight excluding hydrogens is 518 g/mol. The molecular formula is C26H26F6N2O2S. The zero-order valence-corrected chi connectivity index (χ0v) is 21.1. The van der Waals surface area contributed by atoms with Gasteiger partial charge in [0.15, 0.2) is 16.7 Å². The summed E-state index contributed by atoms with van der Waals surface area (Å²) in [6.45, 7) is 4.24. The molecule has 2 aromatic rings. The standard InChI is InChI=1S/C26H26F6N2O2S/c1-16-7-9-34(10-8-16)24-33-14-20(37-24)11-17-3-6-22(23(12-17)35-2)36-15-18-4-5-19(25(27,28)29)13-21(18)26(30,31)32/h3-6,11-13,16H,7-10,14-15H2,1-2H3. The topological polar surface area (TPSA) is 34.1 Å². The van der Waals surface area contributed by atoms with Crippen LogP contribution < -0.4 is 9.47 Å². The van der Waals surface area contributed by atoms with E-state index < -0.39 is 35.6 Å². The summed E-state index contributed by atoms with van der Waals surface area (Å²) in [5.41, 5.74) is -2.36. The molecule has 1 fully saturated rings. The molecule has 0 bridgehead atoms. The van der Waals surface area contributed by atoms with E-state index in [1.165, 1.54) is 7.11 Å². The summed E-state index contributed by atoms with van der Waals surface area (Å²) in [6, 6.07) is 6.50. The monoisotopic (exact) mass is 544 g/mol. The smallest absolute Gasteiger partial charge is 0.416 e. The summed E-state index contributed by atoms with van der Waals surface area (Å²) in [7, 11) is 1.40. The highest BCUT2D eigenvalue weighted by atomic mass is 32.2. The van der Waals surface area contributed by atoms with Gasteiger partial charge in [-0.1, -0.05) is 30.8 Å². The van der Waals surface area contributed by atoms with Gasteiger partial charge in [-0.25, -0.2) is 0 Å². The van der Waals surface area contributed by atoms with Crippen LogP contribution in [-0.2, 0) is 19.0 Å². The molecule has 2 aromatic carbocycles. The Hall–Kier alpha value is -2.82. The van der Waals surface area contributed by atoms with E-state index in [-0.39, 0.29) is 11.8 Å². The number of nitrogens with zero attached hydrogens (tertiary/aromatic N) is 2. The summed E-state index contributed by atoms with van der Waals surface area (Å²) in [6.07, 6.45) is -5.59. The molecule has 4 nitrogen and oxygen atoms in total. The first kappa shape index (κ1) is 27.2. The van der Waals surface area contributed by atoms with Crippen LogP contribution in [0.15, 0.2) is 46.3 Å². The van der Waals surface area contributed by atoms with E-state index in [4.69, 9.17) is 9.47 Å². The van der Waals surface area contributed by atoms with Crippen molar-refractivity contribution in [3.63, 3.8) is 0 Å². The van der Waals surface area contributed by atoms with Crippen LogP contribution in [0, 0.1) is 5.92 Å². The predicted octanol–water partition coefficient (Wildman–Crippen LogP) is 7.49. The SMILES string of the molecule is COc1cc(C=C2CN=C(N3CCC(C)CC3)S2)ccc1OCc1ccc(C(F)(F)F)cc1C(F)(F)F. The molecule has 0 N–H and O–H groups in total. The number of ether oxygens (including phenoxy) is 2. The van der Waals surface area contributed by atoms with Crippen molar-refractivity contribution in [2.24, 2.45) is 10.9 Å². The van der Waals surface area contributed by atoms with Crippen LogP contribution in [0.25, 0.3) is 6.08 Å². The van der Waals surface area contributed by atoms with E-state index >= 15 is 0 Å². The van der Waals surface area contributed by atoms with Gasteiger partial charge in [-0.05, 0) is 54.7 Å². The third-order valence-electron chi connectivity index (χ3n) is 6.29. The summed E-state index contributed by atoms with van der Waals surface area (Å²) in [4.78, 5) is 8.02. The lowest BCUT2D eigenvalue weighted by Gasteiger charge is -2.31. The van der Waals surface area contributed by atoms with Crippen molar-refractivity contribution in [2.75, 3.05) is 26.7 Å².